The second-order valence-electron chi connectivity index (χ2n) is 8.26. The molecule has 0 aliphatic heterocycles. The minimum Gasteiger partial charge on any atom is -0.315 e. The van der Waals surface area contributed by atoms with Crippen molar-refractivity contribution < 1.29 is 9.18 Å². The smallest absolute Gasteiger partial charge is 0.315 e. The van der Waals surface area contributed by atoms with Gasteiger partial charge in [0.1, 0.15) is 11.6 Å². The first-order chi connectivity index (χ1) is 16.9. The van der Waals surface area contributed by atoms with E-state index in [0.29, 0.717) is 34.6 Å². The SMILES string of the molecule is CCCCN(C(=O)Nc1ccc(Br)cc1)C(C)c1nc2ccccc2c(=O)n1-c1ccc(F)cc1. The van der Waals surface area contributed by atoms with Gasteiger partial charge in [-0.05, 0) is 74.0 Å². The molecule has 0 saturated heterocycles. The predicted molar refractivity (Wildman–Crippen MR) is 140 cm³/mol. The van der Waals surface area contributed by atoms with Crippen LogP contribution in [-0.4, -0.2) is 27.0 Å². The molecule has 1 aromatic heterocycles. The first kappa shape index (κ1) is 24.6. The summed E-state index contributed by atoms with van der Waals surface area (Å²) in [6, 6.07) is 19.3. The Morgan fingerprint density at radius 2 is 1.77 bits per heavy atom. The second-order valence-corrected chi connectivity index (χ2v) is 9.18. The molecule has 0 aliphatic carbocycles. The lowest BCUT2D eigenvalue weighted by Crippen LogP contribution is -2.40. The summed E-state index contributed by atoms with van der Waals surface area (Å²) in [6.07, 6.45) is 1.68. The molecule has 35 heavy (non-hydrogen) atoms. The van der Waals surface area contributed by atoms with Gasteiger partial charge in [0, 0.05) is 16.7 Å². The fourth-order valence-corrected chi connectivity index (χ4v) is 4.20. The van der Waals surface area contributed by atoms with Gasteiger partial charge in [-0.1, -0.05) is 41.4 Å². The van der Waals surface area contributed by atoms with E-state index < -0.39 is 11.9 Å². The van der Waals surface area contributed by atoms with E-state index in [-0.39, 0.29) is 11.6 Å². The molecular formula is C27H26BrFN4O2. The van der Waals surface area contributed by atoms with Gasteiger partial charge in [-0.3, -0.25) is 9.36 Å². The summed E-state index contributed by atoms with van der Waals surface area (Å²) in [4.78, 5) is 33.5. The fourth-order valence-electron chi connectivity index (χ4n) is 3.94. The van der Waals surface area contributed by atoms with E-state index in [2.05, 4.69) is 28.2 Å². The van der Waals surface area contributed by atoms with Gasteiger partial charge in [0.15, 0.2) is 0 Å². The number of nitrogens with zero attached hydrogens (tertiary/aromatic N) is 3. The summed E-state index contributed by atoms with van der Waals surface area (Å²) in [5.74, 6) is 0.00552. The number of fused-ring (bicyclic) bond motifs is 1. The van der Waals surface area contributed by atoms with E-state index in [4.69, 9.17) is 4.98 Å². The molecule has 0 fully saturated rings. The van der Waals surface area contributed by atoms with Crippen molar-refractivity contribution in [2.75, 3.05) is 11.9 Å². The molecule has 0 spiro atoms. The highest BCUT2D eigenvalue weighted by molar-refractivity contribution is 9.10. The van der Waals surface area contributed by atoms with Gasteiger partial charge in [-0.2, -0.15) is 0 Å². The van der Waals surface area contributed by atoms with Crippen molar-refractivity contribution >= 4 is 38.6 Å². The van der Waals surface area contributed by atoms with Crippen LogP contribution in [0.3, 0.4) is 0 Å². The molecule has 6 nitrogen and oxygen atoms in total. The van der Waals surface area contributed by atoms with E-state index in [1.807, 2.05) is 37.3 Å². The van der Waals surface area contributed by atoms with Crippen molar-refractivity contribution in [3.63, 3.8) is 0 Å². The minimum absolute atomic E-state index is 0.271. The average Bonchev–Trinajstić information content (AvgIpc) is 2.86. The summed E-state index contributed by atoms with van der Waals surface area (Å²) in [7, 11) is 0. The number of carbonyl (C=O) groups excluding carboxylic acids is 1. The molecule has 0 bridgehead atoms. The van der Waals surface area contributed by atoms with E-state index >= 15 is 0 Å². The van der Waals surface area contributed by atoms with Gasteiger partial charge >= 0.3 is 6.03 Å². The zero-order valence-corrected chi connectivity index (χ0v) is 21.1. The number of rotatable bonds is 7. The number of hydrogen-bond donors (Lipinski definition) is 1. The van der Waals surface area contributed by atoms with Crippen molar-refractivity contribution in [3.8, 4) is 5.69 Å². The normalized spacial score (nSPS) is 11.9. The number of urea groups is 1. The van der Waals surface area contributed by atoms with Crippen molar-refractivity contribution in [1.29, 1.82) is 0 Å². The van der Waals surface area contributed by atoms with Crippen LogP contribution in [0.25, 0.3) is 16.6 Å². The van der Waals surface area contributed by atoms with E-state index in [9.17, 15) is 14.0 Å². The third-order valence-corrected chi connectivity index (χ3v) is 6.37. The van der Waals surface area contributed by atoms with Crippen molar-refractivity contribution in [3.05, 3.63) is 99.3 Å². The quantitative estimate of drug-likeness (QED) is 0.286. The number of unbranched alkanes of at least 4 members (excludes halogenated alkanes) is 1. The Bertz CT molecular complexity index is 1390. The molecular weight excluding hydrogens is 511 g/mol. The first-order valence-corrected chi connectivity index (χ1v) is 12.3. The van der Waals surface area contributed by atoms with Crippen LogP contribution in [0.15, 0.2) is 82.1 Å². The zero-order chi connectivity index (χ0) is 24.9. The van der Waals surface area contributed by atoms with Gasteiger partial charge in [0.2, 0.25) is 0 Å². The molecule has 4 aromatic rings. The Morgan fingerprint density at radius 3 is 2.46 bits per heavy atom. The molecule has 1 unspecified atom stereocenters. The molecule has 1 atom stereocenters. The fraction of sp³-hybridized carbons (Fsp3) is 0.222. The average molecular weight is 537 g/mol. The first-order valence-electron chi connectivity index (χ1n) is 11.5. The van der Waals surface area contributed by atoms with Crippen molar-refractivity contribution in [2.45, 2.75) is 32.7 Å². The van der Waals surface area contributed by atoms with Crippen LogP contribution in [0.1, 0.15) is 38.6 Å². The Hall–Kier alpha value is -3.52. The summed E-state index contributed by atoms with van der Waals surface area (Å²) in [5, 5.41) is 3.40. The third kappa shape index (κ3) is 5.43. The molecule has 0 aliphatic rings. The number of benzene rings is 3. The molecule has 180 valence electrons. The van der Waals surface area contributed by atoms with Crippen LogP contribution in [0.2, 0.25) is 0 Å². The van der Waals surface area contributed by atoms with Gasteiger partial charge in [-0.25, -0.2) is 14.2 Å². The van der Waals surface area contributed by atoms with Crippen LogP contribution in [0.5, 0.6) is 0 Å². The lowest BCUT2D eigenvalue weighted by molar-refractivity contribution is 0.188. The highest BCUT2D eigenvalue weighted by Crippen LogP contribution is 2.25. The lowest BCUT2D eigenvalue weighted by Gasteiger charge is -2.30. The summed E-state index contributed by atoms with van der Waals surface area (Å²) in [5.41, 5.74) is 1.42. The number of anilines is 1. The maximum atomic E-state index is 13.7. The Balaban J connectivity index is 1.81. The number of amides is 2. The highest BCUT2D eigenvalue weighted by Gasteiger charge is 2.27. The standard InChI is InChI=1S/C27H26BrFN4O2/c1-3-4-17-32(27(35)30-21-13-9-19(28)10-14-21)18(2)25-31-24-8-6-5-7-23(24)26(34)33(25)22-15-11-20(29)12-16-22/h5-16,18H,3-4,17H2,1-2H3,(H,30,35). The van der Waals surface area contributed by atoms with Crippen molar-refractivity contribution in [2.24, 2.45) is 0 Å². The molecule has 0 radical (unpaired) electrons. The van der Waals surface area contributed by atoms with Gasteiger partial charge in [0.05, 0.1) is 22.6 Å². The van der Waals surface area contributed by atoms with Crippen LogP contribution in [0, 0.1) is 5.82 Å². The topological polar surface area (TPSA) is 67.2 Å². The molecule has 4 rings (SSSR count). The van der Waals surface area contributed by atoms with Crippen LogP contribution in [0.4, 0.5) is 14.9 Å². The second kappa shape index (κ2) is 10.8. The number of nitrogens with one attached hydrogen (secondary N) is 1. The van der Waals surface area contributed by atoms with E-state index in [1.165, 1.54) is 16.7 Å². The summed E-state index contributed by atoms with van der Waals surface area (Å²) < 4.78 is 16.0. The van der Waals surface area contributed by atoms with E-state index in [1.54, 1.807) is 35.2 Å². The number of aromatic nitrogens is 2. The molecule has 3 aromatic carbocycles. The zero-order valence-electron chi connectivity index (χ0n) is 19.5. The van der Waals surface area contributed by atoms with Crippen LogP contribution < -0.4 is 10.9 Å². The van der Waals surface area contributed by atoms with Crippen LogP contribution in [-0.2, 0) is 0 Å². The number of para-hydroxylation sites is 1. The largest absolute Gasteiger partial charge is 0.322 e. The highest BCUT2D eigenvalue weighted by atomic mass is 79.9. The lowest BCUT2D eigenvalue weighted by atomic mass is 10.1. The van der Waals surface area contributed by atoms with Gasteiger partial charge < -0.3 is 10.2 Å². The molecule has 8 heteroatoms. The summed E-state index contributed by atoms with van der Waals surface area (Å²) in [6.45, 7) is 4.39. The monoisotopic (exact) mass is 536 g/mol. The van der Waals surface area contributed by atoms with Crippen molar-refractivity contribution in [1.82, 2.24) is 14.5 Å². The molecule has 0 saturated carbocycles. The summed E-state index contributed by atoms with van der Waals surface area (Å²) >= 11 is 3.40. The van der Waals surface area contributed by atoms with E-state index in [0.717, 1.165) is 17.3 Å². The molecule has 1 N–H and O–H groups in total. The number of hydrogen-bond acceptors (Lipinski definition) is 3. The third-order valence-electron chi connectivity index (χ3n) is 5.84. The maximum Gasteiger partial charge on any atom is 0.322 e. The molecule has 2 amide bonds. The number of halogens is 2. The predicted octanol–water partition coefficient (Wildman–Crippen LogP) is 6.68. The molecule has 1 heterocycles. The number of carbonyl (C=O) groups is 1. The Kier molecular flexibility index (Phi) is 7.60. The maximum absolute atomic E-state index is 13.7. The van der Waals surface area contributed by atoms with Gasteiger partial charge in [-0.15, -0.1) is 0 Å². The Morgan fingerprint density at radius 1 is 1.09 bits per heavy atom. The van der Waals surface area contributed by atoms with Gasteiger partial charge in [0.25, 0.3) is 5.56 Å². The minimum atomic E-state index is -0.542. The Labute approximate surface area is 211 Å². The van der Waals surface area contributed by atoms with Crippen LogP contribution >= 0.6 is 15.9 Å².